The highest BCUT2D eigenvalue weighted by atomic mass is 15.3. The molecule has 0 atom stereocenters. The van der Waals surface area contributed by atoms with Gasteiger partial charge in [0.1, 0.15) is 0 Å². The van der Waals surface area contributed by atoms with Crippen molar-refractivity contribution in [3.63, 3.8) is 0 Å². The van der Waals surface area contributed by atoms with Crippen LogP contribution in [0.1, 0.15) is 12.8 Å². The summed E-state index contributed by atoms with van der Waals surface area (Å²) in [4.78, 5) is 5.03. The number of hydrogen-bond donors (Lipinski definition) is 0. The van der Waals surface area contributed by atoms with Crippen LogP contribution in [0, 0.1) is 0 Å². The van der Waals surface area contributed by atoms with Crippen molar-refractivity contribution >= 4 is 0 Å². The van der Waals surface area contributed by atoms with Gasteiger partial charge in [-0.25, -0.2) is 0 Å². The Labute approximate surface area is 56.4 Å². The first kappa shape index (κ1) is 5.69. The topological polar surface area (TPSA) is 6.48 Å². The fourth-order valence-electron chi connectivity index (χ4n) is 1.33. The van der Waals surface area contributed by atoms with Crippen molar-refractivity contribution in [2.45, 2.75) is 12.8 Å². The highest BCUT2D eigenvalue weighted by Gasteiger charge is 2.20. The quantitative estimate of drug-likeness (QED) is 0.527. The molecule has 2 nitrogen and oxygen atoms in total. The molecule has 2 aliphatic heterocycles. The molecule has 52 valence electrons. The van der Waals surface area contributed by atoms with Crippen molar-refractivity contribution < 1.29 is 0 Å². The Bertz CT molecular complexity index is 83.1. The Kier molecular flexibility index (Phi) is 1.44. The van der Waals surface area contributed by atoms with Crippen LogP contribution in [0.15, 0.2) is 0 Å². The van der Waals surface area contributed by atoms with E-state index in [0.29, 0.717) is 0 Å². The van der Waals surface area contributed by atoms with Crippen LogP contribution in [0.3, 0.4) is 0 Å². The zero-order valence-corrected chi connectivity index (χ0v) is 5.84. The van der Waals surface area contributed by atoms with E-state index in [-0.39, 0.29) is 0 Å². The summed E-state index contributed by atoms with van der Waals surface area (Å²) < 4.78 is 0. The van der Waals surface area contributed by atoms with Gasteiger partial charge < -0.3 is 0 Å². The Morgan fingerprint density at radius 3 is 1.44 bits per heavy atom. The van der Waals surface area contributed by atoms with Crippen LogP contribution in [0.2, 0.25) is 0 Å². The summed E-state index contributed by atoms with van der Waals surface area (Å²) in [6.07, 6.45) is 2.85. The van der Waals surface area contributed by atoms with Crippen molar-refractivity contribution in [1.82, 2.24) is 9.80 Å². The van der Waals surface area contributed by atoms with Gasteiger partial charge in [-0.05, 0) is 12.8 Å². The average Bonchev–Trinajstić information content (AvgIpc) is 1.57. The van der Waals surface area contributed by atoms with E-state index in [1.807, 2.05) is 0 Å². The van der Waals surface area contributed by atoms with Crippen LogP contribution in [0.5, 0.6) is 0 Å². The minimum Gasteiger partial charge on any atom is -0.290 e. The number of rotatable bonds is 2. The molecule has 0 saturated carbocycles. The van der Waals surface area contributed by atoms with Crippen molar-refractivity contribution in [2.24, 2.45) is 0 Å². The van der Waals surface area contributed by atoms with E-state index in [2.05, 4.69) is 9.80 Å². The first-order chi connectivity index (χ1) is 4.45. The van der Waals surface area contributed by atoms with Crippen LogP contribution < -0.4 is 0 Å². The molecule has 0 amide bonds. The second-order valence-corrected chi connectivity index (χ2v) is 3.08. The molecule has 2 heterocycles. The second kappa shape index (κ2) is 2.27. The molecule has 0 aromatic carbocycles. The Morgan fingerprint density at radius 1 is 0.778 bits per heavy atom. The maximum Gasteiger partial charge on any atom is 0.0506 e. The molecule has 0 radical (unpaired) electrons. The lowest BCUT2D eigenvalue weighted by atomic mass is 10.2. The van der Waals surface area contributed by atoms with Gasteiger partial charge in [0.2, 0.25) is 0 Å². The maximum atomic E-state index is 2.51. The normalized spacial score (nSPS) is 29.3. The molecule has 2 heteroatoms. The monoisotopic (exact) mass is 126 g/mol. The number of hydrogen-bond acceptors (Lipinski definition) is 2. The summed E-state index contributed by atoms with van der Waals surface area (Å²) in [5.41, 5.74) is 0. The van der Waals surface area contributed by atoms with Crippen LogP contribution in [0.4, 0.5) is 0 Å². The van der Waals surface area contributed by atoms with Crippen molar-refractivity contribution in [2.75, 3.05) is 32.8 Å². The molecule has 2 rings (SSSR count). The molecule has 2 fully saturated rings. The maximum absolute atomic E-state index is 2.51. The van der Waals surface area contributed by atoms with E-state index >= 15 is 0 Å². The lowest BCUT2D eigenvalue weighted by Gasteiger charge is -2.39. The molecule has 0 N–H and O–H groups in total. The highest BCUT2D eigenvalue weighted by molar-refractivity contribution is 4.73. The predicted molar refractivity (Wildman–Crippen MR) is 37.2 cm³/mol. The summed E-state index contributed by atoms with van der Waals surface area (Å²) in [6, 6.07) is 0. The largest absolute Gasteiger partial charge is 0.290 e. The molecular weight excluding hydrogens is 112 g/mol. The van der Waals surface area contributed by atoms with Gasteiger partial charge in [-0.1, -0.05) is 0 Å². The molecular formula is C7H14N2. The van der Waals surface area contributed by atoms with Gasteiger partial charge in [-0.2, -0.15) is 0 Å². The van der Waals surface area contributed by atoms with Crippen LogP contribution >= 0.6 is 0 Å². The lowest BCUT2D eigenvalue weighted by molar-refractivity contribution is 0.0461. The van der Waals surface area contributed by atoms with Crippen LogP contribution in [-0.4, -0.2) is 42.6 Å². The lowest BCUT2D eigenvalue weighted by Crippen LogP contribution is -2.49. The summed E-state index contributed by atoms with van der Waals surface area (Å²) in [5, 5.41) is 0. The fraction of sp³-hybridized carbons (Fsp3) is 1.00. The third-order valence-electron chi connectivity index (χ3n) is 2.30. The van der Waals surface area contributed by atoms with Gasteiger partial charge in [0.25, 0.3) is 0 Å². The van der Waals surface area contributed by atoms with Crippen LogP contribution in [0.25, 0.3) is 0 Å². The van der Waals surface area contributed by atoms with E-state index < -0.39 is 0 Å². The highest BCUT2D eigenvalue weighted by Crippen LogP contribution is 2.11. The van der Waals surface area contributed by atoms with Gasteiger partial charge in [0.15, 0.2) is 0 Å². The Balaban J connectivity index is 1.64. The zero-order chi connectivity index (χ0) is 6.10. The predicted octanol–water partition coefficient (Wildman–Crippen LogP) is 0.355. The standard InChI is InChI=1S/C7H14N2/c1-3-8(4-1)7-9-5-2-6-9/h1-7H2. The third kappa shape index (κ3) is 1.10. The van der Waals surface area contributed by atoms with Gasteiger partial charge >= 0.3 is 0 Å². The molecule has 0 spiro atoms. The SMILES string of the molecule is C1CN(CN2CCC2)C1. The average molecular weight is 126 g/mol. The second-order valence-electron chi connectivity index (χ2n) is 3.08. The summed E-state index contributed by atoms with van der Waals surface area (Å²) in [6.45, 7) is 6.62. The summed E-state index contributed by atoms with van der Waals surface area (Å²) in [5.74, 6) is 0. The van der Waals surface area contributed by atoms with Gasteiger partial charge in [0, 0.05) is 26.2 Å². The van der Waals surface area contributed by atoms with E-state index in [4.69, 9.17) is 0 Å². The molecule has 0 aromatic rings. The molecule has 0 unspecified atom stereocenters. The van der Waals surface area contributed by atoms with E-state index in [1.54, 1.807) is 0 Å². The van der Waals surface area contributed by atoms with Crippen LogP contribution in [-0.2, 0) is 0 Å². The fourth-order valence-corrected chi connectivity index (χ4v) is 1.33. The van der Waals surface area contributed by atoms with E-state index in [1.165, 1.54) is 45.7 Å². The Hall–Kier alpha value is -0.0800. The first-order valence-corrected chi connectivity index (χ1v) is 3.90. The zero-order valence-electron chi connectivity index (χ0n) is 5.84. The molecule has 2 aliphatic rings. The van der Waals surface area contributed by atoms with E-state index in [0.717, 1.165) is 0 Å². The van der Waals surface area contributed by atoms with Gasteiger partial charge in [-0.15, -0.1) is 0 Å². The first-order valence-electron chi connectivity index (χ1n) is 3.90. The van der Waals surface area contributed by atoms with Gasteiger partial charge in [-0.3, -0.25) is 9.80 Å². The number of nitrogens with zero attached hydrogens (tertiary/aromatic N) is 2. The number of likely N-dealkylation sites (tertiary alicyclic amines) is 2. The third-order valence-corrected chi connectivity index (χ3v) is 2.30. The molecule has 0 bridgehead atoms. The van der Waals surface area contributed by atoms with Crippen molar-refractivity contribution in [3.05, 3.63) is 0 Å². The minimum atomic E-state index is 1.25. The van der Waals surface area contributed by atoms with Gasteiger partial charge in [0.05, 0.1) is 6.67 Å². The molecule has 9 heavy (non-hydrogen) atoms. The molecule has 0 aliphatic carbocycles. The molecule has 0 aromatic heterocycles. The summed E-state index contributed by atoms with van der Waals surface area (Å²) in [7, 11) is 0. The Morgan fingerprint density at radius 2 is 1.22 bits per heavy atom. The minimum absolute atomic E-state index is 1.25. The van der Waals surface area contributed by atoms with Crippen molar-refractivity contribution in [3.8, 4) is 0 Å². The smallest absolute Gasteiger partial charge is 0.0506 e. The molecule has 2 saturated heterocycles. The summed E-state index contributed by atoms with van der Waals surface area (Å²) >= 11 is 0. The van der Waals surface area contributed by atoms with E-state index in [9.17, 15) is 0 Å². The van der Waals surface area contributed by atoms with Crippen molar-refractivity contribution in [1.29, 1.82) is 0 Å².